The van der Waals surface area contributed by atoms with Gasteiger partial charge >= 0.3 is 0 Å². The molecule has 0 aliphatic carbocycles. The van der Waals surface area contributed by atoms with E-state index in [2.05, 4.69) is 39.7 Å². The van der Waals surface area contributed by atoms with E-state index in [-0.39, 0.29) is 5.91 Å². The smallest absolute Gasteiger partial charge is 0.251 e. The Morgan fingerprint density at radius 1 is 0.882 bits per heavy atom. The summed E-state index contributed by atoms with van der Waals surface area (Å²) in [5.74, 6) is -0.00513. The van der Waals surface area contributed by atoms with Crippen molar-refractivity contribution in [1.82, 2.24) is 25.3 Å². The zero-order valence-electron chi connectivity index (χ0n) is 19.7. The van der Waals surface area contributed by atoms with Crippen molar-refractivity contribution in [2.24, 2.45) is 0 Å². The number of aryl methyl sites for hydroxylation is 2. The number of rotatable bonds is 11. The number of unbranched alkanes of at least 4 members (excludes halogenated alkanes) is 4. The molecule has 6 heteroatoms. The minimum atomic E-state index is -0.00513. The SMILES string of the molecule is Cc1ccccc1-c1ccccc1C(=O)NCCCCCCCn1cc(-c2cccnc2)nn1. The van der Waals surface area contributed by atoms with Gasteiger partial charge in [0.15, 0.2) is 0 Å². The summed E-state index contributed by atoms with van der Waals surface area (Å²) in [6.45, 7) is 3.63. The lowest BCUT2D eigenvalue weighted by Gasteiger charge is -2.12. The number of hydrogen-bond acceptors (Lipinski definition) is 4. The Hall–Kier alpha value is -3.80. The topological polar surface area (TPSA) is 72.7 Å². The summed E-state index contributed by atoms with van der Waals surface area (Å²) in [4.78, 5) is 16.9. The number of pyridine rings is 1. The quantitative estimate of drug-likeness (QED) is 0.296. The monoisotopic (exact) mass is 453 g/mol. The van der Waals surface area contributed by atoms with Gasteiger partial charge in [-0.15, -0.1) is 5.10 Å². The van der Waals surface area contributed by atoms with Crippen LogP contribution < -0.4 is 5.32 Å². The van der Waals surface area contributed by atoms with Gasteiger partial charge in [-0.05, 0) is 54.7 Å². The van der Waals surface area contributed by atoms with Gasteiger partial charge in [0.05, 0.1) is 6.20 Å². The molecule has 6 nitrogen and oxygen atoms in total. The summed E-state index contributed by atoms with van der Waals surface area (Å²) < 4.78 is 1.90. The van der Waals surface area contributed by atoms with Gasteiger partial charge in [-0.1, -0.05) is 66.9 Å². The Labute approximate surface area is 201 Å². The van der Waals surface area contributed by atoms with E-state index < -0.39 is 0 Å². The van der Waals surface area contributed by atoms with Crippen LogP contribution in [-0.2, 0) is 6.54 Å². The molecule has 174 valence electrons. The molecule has 1 amide bonds. The summed E-state index contributed by atoms with van der Waals surface area (Å²) in [7, 11) is 0. The fourth-order valence-electron chi connectivity index (χ4n) is 4.07. The highest BCUT2D eigenvalue weighted by Gasteiger charge is 2.13. The van der Waals surface area contributed by atoms with Gasteiger partial charge in [0.1, 0.15) is 5.69 Å². The molecule has 34 heavy (non-hydrogen) atoms. The van der Waals surface area contributed by atoms with Crippen LogP contribution in [-0.4, -0.2) is 32.4 Å². The minimum absolute atomic E-state index is 0.00513. The lowest BCUT2D eigenvalue weighted by molar-refractivity contribution is 0.0953. The third-order valence-corrected chi connectivity index (χ3v) is 5.95. The molecule has 0 aliphatic heterocycles. The number of nitrogens with zero attached hydrogens (tertiary/aromatic N) is 4. The molecule has 0 saturated heterocycles. The first-order chi connectivity index (χ1) is 16.7. The van der Waals surface area contributed by atoms with Gasteiger partial charge in [0, 0.05) is 36.6 Å². The lowest BCUT2D eigenvalue weighted by Crippen LogP contribution is -2.25. The summed E-state index contributed by atoms with van der Waals surface area (Å²) in [6.07, 6.45) is 10.9. The van der Waals surface area contributed by atoms with E-state index in [0.717, 1.165) is 66.6 Å². The average Bonchev–Trinajstić information content (AvgIpc) is 3.35. The van der Waals surface area contributed by atoms with Crippen molar-refractivity contribution in [1.29, 1.82) is 0 Å². The average molecular weight is 454 g/mol. The molecule has 0 atom stereocenters. The van der Waals surface area contributed by atoms with Crippen LogP contribution in [0.2, 0.25) is 0 Å². The van der Waals surface area contributed by atoms with Crippen molar-refractivity contribution in [3.05, 3.63) is 90.4 Å². The van der Waals surface area contributed by atoms with Crippen LogP contribution in [0.25, 0.3) is 22.4 Å². The van der Waals surface area contributed by atoms with Gasteiger partial charge in [-0.25, -0.2) is 0 Å². The third-order valence-electron chi connectivity index (χ3n) is 5.95. The van der Waals surface area contributed by atoms with Gasteiger partial charge in [0.2, 0.25) is 0 Å². The highest BCUT2D eigenvalue weighted by Crippen LogP contribution is 2.26. The Morgan fingerprint density at radius 2 is 1.65 bits per heavy atom. The molecular formula is C28H31N5O. The van der Waals surface area contributed by atoms with Crippen molar-refractivity contribution in [3.8, 4) is 22.4 Å². The lowest BCUT2D eigenvalue weighted by atomic mass is 9.95. The van der Waals surface area contributed by atoms with Gasteiger partial charge < -0.3 is 5.32 Å². The maximum absolute atomic E-state index is 12.8. The molecular weight excluding hydrogens is 422 g/mol. The Kier molecular flexibility index (Phi) is 8.17. The Bertz CT molecular complexity index is 1200. The van der Waals surface area contributed by atoms with Gasteiger partial charge in [-0.2, -0.15) is 0 Å². The number of amides is 1. The summed E-state index contributed by atoms with van der Waals surface area (Å²) in [6, 6.07) is 19.9. The predicted octanol–water partition coefficient (Wildman–Crippen LogP) is 5.70. The largest absolute Gasteiger partial charge is 0.352 e. The van der Waals surface area contributed by atoms with Crippen LogP contribution in [0.15, 0.2) is 79.3 Å². The molecule has 4 aromatic rings. The van der Waals surface area contributed by atoms with Crippen LogP contribution in [0.3, 0.4) is 0 Å². The fraction of sp³-hybridized carbons (Fsp3) is 0.286. The molecule has 1 N–H and O–H groups in total. The summed E-state index contributed by atoms with van der Waals surface area (Å²) in [5.41, 5.74) is 5.83. The number of nitrogens with one attached hydrogen (secondary N) is 1. The molecule has 0 unspecified atom stereocenters. The molecule has 2 aromatic carbocycles. The van der Waals surface area contributed by atoms with E-state index in [1.807, 2.05) is 59.4 Å². The zero-order valence-corrected chi connectivity index (χ0v) is 19.7. The third kappa shape index (κ3) is 6.16. The first-order valence-electron chi connectivity index (χ1n) is 12.0. The van der Waals surface area contributed by atoms with E-state index in [1.54, 1.807) is 12.4 Å². The van der Waals surface area contributed by atoms with Crippen LogP contribution in [0.1, 0.15) is 48.0 Å². The molecule has 0 saturated carbocycles. The van der Waals surface area contributed by atoms with E-state index in [9.17, 15) is 4.79 Å². The molecule has 0 bridgehead atoms. The van der Waals surface area contributed by atoms with E-state index >= 15 is 0 Å². The minimum Gasteiger partial charge on any atom is -0.352 e. The van der Waals surface area contributed by atoms with Crippen LogP contribution in [0.5, 0.6) is 0 Å². The molecule has 4 rings (SSSR count). The van der Waals surface area contributed by atoms with Crippen molar-refractivity contribution in [2.75, 3.05) is 6.54 Å². The molecule has 0 aliphatic rings. The van der Waals surface area contributed by atoms with Crippen LogP contribution in [0.4, 0.5) is 0 Å². The number of benzene rings is 2. The number of carbonyl (C=O) groups is 1. The first kappa shape index (κ1) is 23.4. The molecule has 0 radical (unpaired) electrons. The first-order valence-corrected chi connectivity index (χ1v) is 12.0. The number of hydrogen-bond donors (Lipinski definition) is 1. The number of carbonyl (C=O) groups excluding carboxylic acids is 1. The maximum atomic E-state index is 12.8. The Morgan fingerprint density at radius 3 is 2.47 bits per heavy atom. The summed E-state index contributed by atoms with van der Waals surface area (Å²) >= 11 is 0. The highest BCUT2D eigenvalue weighted by molar-refractivity contribution is 6.01. The van der Waals surface area contributed by atoms with Gasteiger partial charge in [0.25, 0.3) is 5.91 Å². The molecule has 2 heterocycles. The second-order valence-electron chi connectivity index (χ2n) is 8.49. The van der Waals surface area contributed by atoms with E-state index in [4.69, 9.17) is 0 Å². The van der Waals surface area contributed by atoms with Crippen molar-refractivity contribution < 1.29 is 4.79 Å². The standard InChI is InChI=1S/C28H31N5O/c1-22-12-5-6-14-24(22)25-15-7-8-16-26(25)28(34)30-18-9-3-2-4-10-19-33-21-27(31-32-33)23-13-11-17-29-20-23/h5-8,11-17,20-21H,2-4,9-10,18-19H2,1H3,(H,30,34). The van der Waals surface area contributed by atoms with Crippen LogP contribution in [0, 0.1) is 6.92 Å². The zero-order chi connectivity index (χ0) is 23.6. The van der Waals surface area contributed by atoms with Crippen molar-refractivity contribution in [3.63, 3.8) is 0 Å². The highest BCUT2D eigenvalue weighted by atomic mass is 16.1. The fourth-order valence-corrected chi connectivity index (χ4v) is 4.07. The molecule has 0 spiro atoms. The van der Waals surface area contributed by atoms with E-state index in [0.29, 0.717) is 6.54 Å². The molecule has 0 fully saturated rings. The normalized spacial score (nSPS) is 10.9. The van der Waals surface area contributed by atoms with Gasteiger partial charge in [-0.3, -0.25) is 14.5 Å². The predicted molar refractivity (Wildman–Crippen MR) is 135 cm³/mol. The molecule has 2 aromatic heterocycles. The van der Waals surface area contributed by atoms with Crippen molar-refractivity contribution in [2.45, 2.75) is 45.6 Å². The summed E-state index contributed by atoms with van der Waals surface area (Å²) in [5, 5.41) is 11.5. The second kappa shape index (κ2) is 11.9. The van der Waals surface area contributed by atoms with Crippen LogP contribution >= 0.6 is 0 Å². The maximum Gasteiger partial charge on any atom is 0.251 e. The van der Waals surface area contributed by atoms with E-state index in [1.165, 1.54) is 5.56 Å². The Balaban J connectivity index is 1.15. The number of aromatic nitrogens is 4. The second-order valence-corrected chi connectivity index (χ2v) is 8.49. The van der Waals surface area contributed by atoms with Crippen molar-refractivity contribution >= 4 is 5.91 Å².